The predicted molar refractivity (Wildman–Crippen MR) is 123 cm³/mol. The SMILES string of the molecule is C=CCN(CC=C)S(=O)(=O)c1ccc2nc(NC(=O)CCC3CCCCC3)sc2c1. The topological polar surface area (TPSA) is 79.4 Å². The molecule has 1 aliphatic carbocycles. The molecular formula is C22H29N3O3S2. The van der Waals surface area contributed by atoms with Gasteiger partial charge in [0.25, 0.3) is 0 Å². The Morgan fingerprint density at radius 3 is 2.57 bits per heavy atom. The van der Waals surface area contributed by atoms with Crippen molar-refractivity contribution in [3.8, 4) is 0 Å². The van der Waals surface area contributed by atoms with Crippen molar-refractivity contribution in [2.75, 3.05) is 18.4 Å². The summed E-state index contributed by atoms with van der Waals surface area (Å²) >= 11 is 1.29. The first-order chi connectivity index (χ1) is 14.4. The largest absolute Gasteiger partial charge is 0.302 e. The van der Waals surface area contributed by atoms with Crippen LogP contribution in [-0.4, -0.2) is 36.7 Å². The van der Waals surface area contributed by atoms with Crippen LogP contribution in [0.2, 0.25) is 0 Å². The van der Waals surface area contributed by atoms with Crippen LogP contribution in [-0.2, 0) is 14.8 Å². The highest BCUT2D eigenvalue weighted by Crippen LogP contribution is 2.30. The molecule has 0 bridgehead atoms. The monoisotopic (exact) mass is 447 g/mol. The standard InChI is InChI=1S/C22H29N3O3S2/c1-3-14-25(15-4-2)30(27,28)18-11-12-19-20(16-18)29-22(23-19)24-21(26)13-10-17-8-6-5-7-9-17/h3-4,11-12,16-17H,1-2,5-10,13-15H2,(H,23,24,26). The van der Waals surface area contributed by atoms with E-state index >= 15 is 0 Å². The molecule has 1 fully saturated rings. The highest BCUT2D eigenvalue weighted by atomic mass is 32.2. The van der Waals surface area contributed by atoms with E-state index in [9.17, 15) is 13.2 Å². The molecule has 3 rings (SSSR count). The van der Waals surface area contributed by atoms with Crippen molar-refractivity contribution in [2.24, 2.45) is 5.92 Å². The van der Waals surface area contributed by atoms with E-state index in [-0.39, 0.29) is 23.9 Å². The summed E-state index contributed by atoms with van der Waals surface area (Å²) < 4.78 is 27.9. The number of aromatic nitrogens is 1. The van der Waals surface area contributed by atoms with E-state index in [0.717, 1.165) is 11.1 Å². The Morgan fingerprint density at radius 2 is 1.90 bits per heavy atom. The Labute approximate surface area is 182 Å². The van der Waals surface area contributed by atoms with Crippen molar-refractivity contribution in [1.82, 2.24) is 9.29 Å². The molecule has 1 N–H and O–H groups in total. The third-order valence-electron chi connectivity index (χ3n) is 5.41. The normalized spacial score (nSPS) is 15.4. The van der Waals surface area contributed by atoms with Crippen molar-refractivity contribution >= 4 is 42.6 Å². The first kappa shape index (κ1) is 22.7. The predicted octanol–water partition coefficient (Wildman–Crippen LogP) is 4.96. The molecule has 1 heterocycles. The highest BCUT2D eigenvalue weighted by Gasteiger charge is 2.23. The van der Waals surface area contributed by atoms with Gasteiger partial charge in [-0.3, -0.25) is 4.79 Å². The molecule has 162 valence electrons. The van der Waals surface area contributed by atoms with E-state index < -0.39 is 10.0 Å². The van der Waals surface area contributed by atoms with Gasteiger partial charge in [0.15, 0.2) is 5.13 Å². The number of hydrogen-bond donors (Lipinski definition) is 1. The lowest BCUT2D eigenvalue weighted by molar-refractivity contribution is -0.116. The van der Waals surface area contributed by atoms with Gasteiger partial charge in [-0.25, -0.2) is 13.4 Å². The smallest absolute Gasteiger partial charge is 0.243 e. The number of amides is 1. The number of carbonyl (C=O) groups excluding carboxylic acids is 1. The number of hydrogen-bond acceptors (Lipinski definition) is 5. The maximum Gasteiger partial charge on any atom is 0.243 e. The molecular weight excluding hydrogens is 418 g/mol. The minimum atomic E-state index is -3.67. The van der Waals surface area contributed by atoms with Gasteiger partial charge in [-0.1, -0.05) is 55.6 Å². The van der Waals surface area contributed by atoms with Crippen LogP contribution in [0, 0.1) is 5.92 Å². The fraction of sp³-hybridized carbons (Fsp3) is 0.455. The van der Waals surface area contributed by atoms with E-state index in [4.69, 9.17) is 0 Å². The zero-order chi connectivity index (χ0) is 21.6. The van der Waals surface area contributed by atoms with Gasteiger partial charge in [0.1, 0.15) is 0 Å². The second kappa shape index (κ2) is 10.3. The van der Waals surface area contributed by atoms with E-state index in [0.29, 0.717) is 23.0 Å². The van der Waals surface area contributed by atoms with Crippen LogP contribution in [0.25, 0.3) is 10.2 Å². The average molecular weight is 448 g/mol. The van der Waals surface area contributed by atoms with E-state index in [1.165, 1.54) is 47.7 Å². The van der Waals surface area contributed by atoms with E-state index in [2.05, 4.69) is 23.5 Å². The summed E-state index contributed by atoms with van der Waals surface area (Å²) in [6, 6.07) is 4.83. The van der Waals surface area contributed by atoms with Gasteiger partial charge in [0, 0.05) is 19.5 Å². The molecule has 0 unspecified atom stereocenters. The van der Waals surface area contributed by atoms with Crippen LogP contribution in [0.4, 0.5) is 5.13 Å². The van der Waals surface area contributed by atoms with Crippen LogP contribution in [0.15, 0.2) is 48.4 Å². The molecule has 1 aromatic heterocycles. The second-order valence-corrected chi connectivity index (χ2v) is 10.6. The number of sulfonamides is 1. The molecule has 30 heavy (non-hydrogen) atoms. The van der Waals surface area contributed by atoms with Gasteiger partial charge in [-0.15, -0.1) is 13.2 Å². The molecule has 2 aromatic rings. The quantitative estimate of drug-likeness (QED) is 0.522. The second-order valence-electron chi connectivity index (χ2n) is 7.64. The zero-order valence-corrected chi connectivity index (χ0v) is 18.8. The minimum absolute atomic E-state index is 0.0318. The Morgan fingerprint density at radius 1 is 1.20 bits per heavy atom. The van der Waals surface area contributed by atoms with Crippen LogP contribution in [0.5, 0.6) is 0 Å². The summed E-state index contributed by atoms with van der Waals surface area (Å²) in [6.45, 7) is 7.67. The number of benzene rings is 1. The lowest BCUT2D eigenvalue weighted by atomic mass is 9.86. The molecule has 0 spiro atoms. The van der Waals surface area contributed by atoms with Crippen molar-refractivity contribution in [2.45, 2.75) is 49.8 Å². The first-order valence-electron chi connectivity index (χ1n) is 10.4. The fourth-order valence-electron chi connectivity index (χ4n) is 3.82. The van der Waals surface area contributed by atoms with Crippen molar-refractivity contribution in [1.29, 1.82) is 0 Å². The summed E-state index contributed by atoms with van der Waals surface area (Å²) in [4.78, 5) is 17.0. The summed E-state index contributed by atoms with van der Waals surface area (Å²) in [5, 5.41) is 3.38. The Kier molecular flexibility index (Phi) is 7.80. The van der Waals surface area contributed by atoms with Crippen molar-refractivity contribution in [3.63, 3.8) is 0 Å². The molecule has 6 nitrogen and oxygen atoms in total. The molecule has 0 aliphatic heterocycles. The van der Waals surface area contributed by atoms with Crippen molar-refractivity contribution < 1.29 is 13.2 Å². The lowest BCUT2D eigenvalue weighted by Gasteiger charge is -2.20. The fourth-order valence-corrected chi connectivity index (χ4v) is 6.22. The maximum atomic E-state index is 12.9. The van der Waals surface area contributed by atoms with E-state index in [1.807, 2.05) is 0 Å². The third kappa shape index (κ3) is 5.56. The summed E-state index contributed by atoms with van der Waals surface area (Å²) in [5.74, 6) is 0.623. The van der Waals surface area contributed by atoms with E-state index in [1.54, 1.807) is 30.4 Å². The number of fused-ring (bicyclic) bond motifs is 1. The summed E-state index contributed by atoms with van der Waals surface area (Å²) in [5.41, 5.74) is 0.667. The van der Waals surface area contributed by atoms with Crippen LogP contribution >= 0.6 is 11.3 Å². The highest BCUT2D eigenvalue weighted by molar-refractivity contribution is 7.89. The summed E-state index contributed by atoms with van der Waals surface area (Å²) in [7, 11) is -3.67. The van der Waals surface area contributed by atoms with Gasteiger partial charge < -0.3 is 5.32 Å². The maximum absolute atomic E-state index is 12.9. The molecule has 0 radical (unpaired) electrons. The Bertz CT molecular complexity index is 998. The minimum Gasteiger partial charge on any atom is -0.302 e. The lowest BCUT2D eigenvalue weighted by Crippen LogP contribution is -2.31. The average Bonchev–Trinajstić information content (AvgIpc) is 3.14. The molecule has 0 atom stereocenters. The number of anilines is 1. The van der Waals surface area contributed by atoms with Crippen LogP contribution in [0.1, 0.15) is 44.9 Å². The Hall–Kier alpha value is -2.03. The molecule has 8 heteroatoms. The third-order valence-corrected chi connectivity index (χ3v) is 8.18. The van der Waals surface area contributed by atoms with Crippen molar-refractivity contribution in [3.05, 3.63) is 43.5 Å². The molecule has 1 amide bonds. The number of nitrogens with zero attached hydrogens (tertiary/aromatic N) is 2. The number of nitrogens with one attached hydrogen (secondary N) is 1. The summed E-state index contributed by atoms with van der Waals surface area (Å²) in [6.07, 6.45) is 10.8. The number of rotatable bonds is 10. The number of thiazole rings is 1. The molecule has 0 saturated heterocycles. The van der Waals surface area contributed by atoms with Gasteiger partial charge in [-0.05, 0) is 30.5 Å². The number of carbonyl (C=O) groups is 1. The van der Waals surface area contributed by atoms with Gasteiger partial charge in [0.2, 0.25) is 15.9 Å². The molecule has 1 saturated carbocycles. The Balaban J connectivity index is 1.69. The van der Waals surface area contributed by atoms with Gasteiger partial charge in [-0.2, -0.15) is 4.31 Å². The van der Waals surface area contributed by atoms with Gasteiger partial charge in [0.05, 0.1) is 15.1 Å². The van der Waals surface area contributed by atoms with Gasteiger partial charge >= 0.3 is 0 Å². The van der Waals surface area contributed by atoms with Crippen LogP contribution in [0.3, 0.4) is 0 Å². The first-order valence-corrected chi connectivity index (χ1v) is 12.6. The van der Waals surface area contributed by atoms with Crippen LogP contribution < -0.4 is 5.32 Å². The zero-order valence-electron chi connectivity index (χ0n) is 17.2. The molecule has 1 aliphatic rings. The molecule has 1 aromatic carbocycles.